The maximum Gasteiger partial charge on any atom is 0.200 e. The molecule has 96 valence electrons. The topological polar surface area (TPSA) is 82.0 Å². The molecule has 17 heavy (non-hydrogen) atoms. The number of hydrogen-bond donors (Lipinski definition) is 4. The van der Waals surface area contributed by atoms with Gasteiger partial charge in [-0.1, -0.05) is 6.07 Å². The molecule has 0 fully saturated rings. The second-order valence-corrected chi connectivity index (χ2v) is 4.51. The lowest BCUT2D eigenvalue weighted by atomic mass is 10.1. The second kappa shape index (κ2) is 5.25. The summed E-state index contributed by atoms with van der Waals surface area (Å²) in [6.07, 6.45) is 0. The van der Waals surface area contributed by atoms with Crippen LogP contribution in [0.1, 0.15) is 19.4 Å². The Morgan fingerprint density at radius 2 is 1.82 bits per heavy atom. The molecule has 0 bridgehead atoms. The summed E-state index contributed by atoms with van der Waals surface area (Å²) >= 11 is 0. The van der Waals surface area contributed by atoms with Crippen molar-refractivity contribution < 1.29 is 20.1 Å². The first-order chi connectivity index (χ1) is 7.87. The number of methoxy groups -OCH3 is 1. The molecule has 5 nitrogen and oxygen atoms in total. The minimum absolute atomic E-state index is 0.297. The highest BCUT2D eigenvalue weighted by Gasteiger charge is 2.16. The fourth-order valence-corrected chi connectivity index (χ4v) is 1.32. The highest BCUT2D eigenvalue weighted by atomic mass is 16.5. The Kier molecular flexibility index (Phi) is 4.20. The first kappa shape index (κ1) is 13.6. The molecular formula is C12H19NO4. The molecule has 0 aliphatic heterocycles. The number of nitrogens with one attached hydrogen (secondary N) is 1. The van der Waals surface area contributed by atoms with Crippen molar-refractivity contribution >= 4 is 0 Å². The third-order valence-electron chi connectivity index (χ3n) is 2.63. The number of hydrogen-bond acceptors (Lipinski definition) is 5. The van der Waals surface area contributed by atoms with Gasteiger partial charge in [0, 0.05) is 25.8 Å². The Hall–Kier alpha value is -1.46. The number of rotatable bonds is 5. The molecule has 0 heterocycles. The van der Waals surface area contributed by atoms with Crippen molar-refractivity contribution in [2.24, 2.45) is 0 Å². The summed E-state index contributed by atoms with van der Waals surface area (Å²) in [7, 11) is 1.63. The summed E-state index contributed by atoms with van der Waals surface area (Å²) in [6, 6.07) is 2.89. The van der Waals surface area contributed by atoms with E-state index in [9.17, 15) is 10.2 Å². The Labute approximate surface area is 101 Å². The SMILES string of the molecule is COC(C)(C)CNCc1ccc(O)c(O)c1O. The third-order valence-corrected chi connectivity index (χ3v) is 2.63. The van der Waals surface area contributed by atoms with Gasteiger partial charge >= 0.3 is 0 Å². The molecule has 0 aliphatic rings. The number of phenols is 3. The van der Waals surface area contributed by atoms with Crippen molar-refractivity contribution in [1.82, 2.24) is 5.32 Å². The van der Waals surface area contributed by atoms with Gasteiger partial charge < -0.3 is 25.4 Å². The van der Waals surface area contributed by atoms with Crippen LogP contribution in [-0.4, -0.2) is 34.6 Å². The van der Waals surface area contributed by atoms with E-state index in [1.54, 1.807) is 13.2 Å². The van der Waals surface area contributed by atoms with Crippen molar-refractivity contribution in [3.63, 3.8) is 0 Å². The molecule has 0 amide bonds. The fraction of sp³-hybridized carbons (Fsp3) is 0.500. The zero-order chi connectivity index (χ0) is 13.1. The van der Waals surface area contributed by atoms with Crippen LogP contribution in [0.5, 0.6) is 17.2 Å². The zero-order valence-electron chi connectivity index (χ0n) is 10.3. The maximum atomic E-state index is 9.58. The molecule has 1 aromatic rings. The fourth-order valence-electron chi connectivity index (χ4n) is 1.32. The Morgan fingerprint density at radius 1 is 1.18 bits per heavy atom. The molecule has 0 aromatic heterocycles. The van der Waals surface area contributed by atoms with E-state index in [4.69, 9.17) is 9.84 Å². The molecule has 1 rings (SSSR count). The molecule has 1 aromatic carbocycles. The molecule has 0 aliphatic carbocycles. The predicted molar refractivity (Wildman–Crippen MR) is 64.2 cm³/mol. The first-order valence-corrected chi connectivity index (χ1v) is 5.36. The van der Waals surface area contributed by atoms with Gasteiger partial charge in [-0.2, -0.15) is 0 Å². The summed E-state index contributed by atoms with van der Waals surface area (Å²) in [5.74, 6) is -1.12. The molecule has 0 spiro atoms. The van der Waals surface area contributed by atoms with Gasteiger partial charge in [0.05, 0.1) is 5.60 Å². The third kappa shape index (κ3) is 3.51. The van der Waals surface area contributed by atoms with Crippen LogP contribution in [-0.2, 0) is 11.3 Å². The summed E-state index contributed by atoms with van der Waals surface area (Å²) in [6.45, 7) is 4.86. The van der Waals surface area contributed by atoms with Crippen LogP contribution >= 0.6 is 0 Å². The highest BCUT2D eigenvalue weighted by Crippen LogP contribution is 2.36. The minimum Gasteiger partial charge on any atom is -0.504 e. The van der Waals surface area contributed by atoms with Crippen molar-refractivity contribution in [3.8, 4) is 17.2 Å². The van der Waals surface area contributed by atoms with Gasteiger partial charge in [0.1, 0.15) is 0 Å². The van der Waals surface area contributed by atoms with E-state index >= 15 is 0 Å². The summed E-state index contributed by atoms with van der Waals surface area (Å²) < 4.78 is 5.23. The second-order valence-electron chi connectivity index (χ2n) is 4.51. The van der Waals surface area contributed by atoms with Gasteiger partial charge in [-0.05, 0) is 19.9 Å². The van der Waals surface area contributed by atoms with Crippen molar-refractivity contribution in [3.05, 3.63) is 17.7 Å². The summed E-state index contributed by atoms with van der Waals surface area (Å²) in [5.41, 5.74) is 0.224. The number of ether oxygens (including phenoxy) is 1. The lowest BCUT2D eigenvalue weighted by Crippen LogP contribution is -2.36. The van der Waals surface area contributed by atoms with E-state index in [0.29, 0.717) is 18.7 Å². The van der Waals surface area contributed by atoms with Crippen LogP contribution in [0.4, 0.5) is 0 Å². The predicted octanol–water partition coefficient (Wildman–Crippen LogP) is 1.32. The standard InChI is InChI=1S/C12H19NO4/c1-12(2,17-3)7-13-6-8-4-5-9(14)11(16)10(8)15/h4-5,13-16H,6-7H2,1-3H3. The van der Waals surface area contributed by atoms with Gasteiger partial charge in [-0.3, -0.25) is 0 Å². The number of aromatic hydroxyl groups is 3. The molecule has 0 radical (unpaired) electrons. The average Bonchev–Trinajstić information content (AvgIpc) is 2.29. The lowest BCUT2D eigenvalue weighted by molar-refractivity contribution is 0.0230. The quantitative estimate of drug-likeness (QED) is 0.584. The summed E-state index contributed by atoms with van der Waals surface area (Å²) in [5, 5.41) is 31.2. The van der Waals surface area contributed by atoms with Gasteiger partial charge in [-0.25, -0.2) is 0 Å². The lowest BCUT2D eigenvalue weighted by Gasteiger charge is -2.23. The van der Waals surface area contributed by atoms with Gasteiger partial charge in [0.2, 0.25) is 5.75 Å². The van der Waals surface area contributed by atoms with E-state index < -0.39 is 5.75 Å². The minimum atomic E-state index is -0.490. The van der Waals surface area contributed by atoms with Crippen molar-refractivity contribution in [1.29, 1.82) is 0 Å². The van der Waals surface area contributed by atoms with Crippen LogP contribution < -0.4 is 5.32 Å². The molecule has 5 heteroatoms. The highest BCUT2D eigenvalue weighted by molar-refractivity contribution is 5.52. The van der Waals surface area contributed by atoms with E-state index in [1.165, 1.54) is 6.07 Å². The normalized spacial score (nSPS) is 11.7. The zero-order valence-corrected chi connectivity index (χ0v) is 10.3. The van der Waals surface area contributed by atoms with Crippen LogP contribution in [0.25, 0.3) is 0 Å². The molecule has 0 saturated heterocycles. The largest absolute Gasteiger partial charge is 0.504 e. The number of benzene rings is 1. The summed E-state index contributed by atoms with van der Waals surface area (Å²) in [4.78, 5) is 0. The van der Waals surface area contributed by atoms with Gasteiger partial charge in [0.25, 0.3) is 0 Å². The molecule has 4 N–H and O–H groups in total. The van der Waals surface area contributed by atoms with Gasteiger partial charge in [0.15, 0.2) is 11.5 Å². The molecule has 0 saturated carbocycles. The van der Waals surface area contributed by atoms with E-state index in [1.807, 2.05) is 13.8 Å². The Bertz CT molecular complexity index is 390. The Balaban J connectivity index is 2.62. The first-order valence-electron chi connectivity index (χ1n) is 5.36. The van der Waals surface area contributed by atoms with Crippen LogP contribution in [0.15, 0.2) is 12.1 Å². The van der Waals surface area contributed by atoms with E-state index in [-0.39, 0.29) is 17.1 Å². The van der Waals surface area contributed by atoms with E-state index in [0.717, 1.165) is 0 Å². The average molecular weight is 241 g/mol. The van der Waals surface area contributed by atoms with Crippen molar-refractivity contribution in [2.45, 2.75) is 26.0 Å². The van der Waals surface area contributed by atoms with Crippen molar-refractivity contribution in [2.75, 3.05) is 13.7 Å². The molecule has 0 atom stereocenters. The smallest absolute Gasteiger partial charge is 0.200 e. The number of phenolic OH excluding ortho intramolecular Hbond substituents is 3. The van der Waals surface area contributed by atoms with Crippen LogP contribution in [0, 0.1) is 0 Å². The molecule has 0 unspecified atom stereocenters. The molecular weight excluding hydrogens is 222 g/mol. The Morgan fingerprint density at radius 3 is 2.41 bits per heavy atom. The van der Waals surface area contributed by atoms with Crippen LogP contribution in [0.2, 0.25) is 0 Å². The van der Waals surface area contributed by atoms with Crippen LogP contribution in [0.3, 0.4) is 0 Å². The monoisotopic (exact) mass is 241 g/mol. The van der Waals surface area contributed by atoms with E-state index in [2.05, 4.69) is 5.32 Å². The van der Waals surface area contributed by atoms with Gasteiger partial charge in [-0.15, -0.1) is 0 Å². The maximum absolute atomic E-state index is 9.58.